The first-order chi connectivity index (χ1) is 14.1. The van der Waals surface area contributed by atoms with Crippen LogP contribution in [0.3, 0.4) is 0 Å². The van der Waals surface area contributed by atoms with Gasteiger partial charge in [-0.05, 0) is 62.7 Å². The number of urea groups is 1. The van der Waals surface area contributed by atoms with Crippen LogP contribution in [0.5, 0.6) is 5.75 Å². The fourth-order valence-corrected chi connectivity index (χ4v) is 2.98. The lowest BCUT2D eigenvalue weighted by molar-refractivity contribution is -0.384. The molecule has 10 nitrogen and oxygen atoms in total. The Kier molecular flexibility index (Phi) is 5.41. The molecule has 0 unspecified atom stereocenters. The molecule has 1 saturated heterocycles. The second-order valence-electron chi connectivity index (χ2n) is 7.13. The summed E-state index contributed by atoms with van der Waals surface area (Å²) in [6.07, 6.45) is -0.0207. The fraction of sp³-hybridized carbons (Fsp3) is 0.250. The maximum Gasteiger partial charge on any atom is 0.344 e. The molecule has 1 heterocycles. The van der Waals surface area contributed by atoms with Gasteiger partial charge in [0.05, 0.1) is 11.0 Å². The molecule has 0 bridgehead atoms. The van der Waals surface area contributed by atoms with Crippen molar-refractivity contribution in [2.45, 2.75) is 32.4 Å². The zero-order valence-corrected chi connectivity index (χ0v) is 16.5. The Morgan fingerprint density at radius 1 is 1.13 bits per heavy atom. The Morgan fingerprint density at radius 3 is 2.27 bits per heavy atom. The number of hydrazine groups is 1. The van der Waals surface area contributed by atoms with Crippen LogP contribution in [0.4, 0.5) is 10.5 Å². The number of nitrogens with zero attached hydrogens (tertiary/aromatic N) is 2. The maximum atomic E-state index is 12.9. The SMILES string of the molecule is CC(C)Oc1ccc(C(=O)NN2C(=O)N[C@@](C)(c3ccc([N+](=O)[O-])cc3)C2=O)cc1. The van der Waals surface area contributed by atoms with E-state index >= 15 is 0 Å². The zero-order chi connectivity index (χ0) is 22.1. The highest BCUT2D eigenvalue weighted by molar-refractivity contribution is 6.09. The molecular weight excluding hydrogens is 392 g/mol. The third-order valence-electron chi connectivity index (χ3n) is 4.55. The van der Waals surface area contributed by atoms with Gasteiger partial charge in [0, 0.05) is 17.7 Å². The quantitative estimate of drug-likeness (QED) is 0.426. The lowest BCUT2D eigenvalue weighted by atomic mass is 9.92. The molecule has 2 N–H and O–H groups in total. The summed E-state index contributed by atoms with van der Waals surface area (Å²) in [6.45, 7) is 5.21. The van der Waals surface area contributed by atoms with E-state index in [0.717, 1.165) is 0 Å². The number of carbonyl (C=O) groups is 3. The summed E-state index contributed by atoms with van der Waals surface area (Å²) < 4.78 is 5.51. The number of amides is 4. The minimum atomic E-state index is -1.48. The number of ether oxygens (including phenoxy) is 1. The van der Waals surface area contributed by atoms with Crippen LogP contribution in [0, 0.1) is 10.1 Å². The molecule has 0 aliphatic carbocycles. The molecule has 2 aromatic rings. The number of benzene rings is 2. The second kappa shape index (κ2) is 7.82. The maximum absolute atomic E-state index is 12.9. The van der Waals surface area contributed by atoms with E-state index in [2.05, 4.69) is 10.7 Å². The average Bonchev–Trinajstić information content (AvgIpc) is 2.92. The zero-order valence-electron chi connectivity index (χ0n) is 16.5. The van der Waals surface area contributed by atoms with Gasteiger partial charge in [0.15, 0.2) is 0 Å². The van der Waals surface area contributed by atoms with Gasteiger partial charge in [0.25, 0.3) is 17.5 Å². The first kappa shape index (κ1) is 20.8. The van der Waals surface area contributed by atoms with Crippen LogP contribution in [-0.4, -0.2) is 33.9 Å². The molecule has 3 rings (SSSR count). The number of nitro groups is 1. The van der Waals surface area contributed by atoms with E-state index in [1.807, 2.05) is 13.8 Å². The van der Waals surface area contributed by atoms with Crippen LogP contribution >= 0.6 is 0 Å². The predicted molar refractivity (Wildman–Crippen MR) is 105 cm³/mol. The highest BCUT2D eigenvalue weighted by Gasteiger charge is 2.50. The monoisotopic (exact) mass is 412 g/mol. The van der Waals surface area contributed by atoms with Crippen molar-refractivity contribution >= 4 is 23.5 Å². The Hall–Kier alpha value is -3.95. The lowest BCUT2D eigenvalue weighted by Crippen LogP contribution is -2.47. The first-order valence-corrected chi connectivity index (χ1v) is 9.11. The summed E-state index contributed by atoms with van der Waals surface area (Å²) in [4.78, 5) is 48.0. The number of non-ortho nitro benzene ring substituents is 1. The van der Waals surface area contributed by atoms with Crippen LogP contribution in [0.1, 0.15) is 36.7 Å². The molecule has 0 aromatic heterocycles. The van der Waals surface area contributed by atoms with Crippen molar-refractivity contribution in [1.29, 1.82) is 0 Å². The highest BCUT2D eigenvalue weighted by atomic mass is 16.6. The highest BCUT2D eigenvalue weighted by Crippen LogP contribution is 2.29. The van der Waals surface area contributed by atoms with Crippen LogP contribution < -0.4 is 15.5 Å². The minimum absolute atomic E-state index is 0.0207. The van der Waals surface area contributed by atoms with Crippen LogP contribution in [0.25, 0.3) is 0 Å². The van der Waals surface area contributed by atoms with Gasteiger partial charge in [-0.3, -0.25) is 25.1 Å². The summed E-state index contributed by atoms with van der Waals surface area (Å²) in [5.41, 5.74) is 1.25. The van der Waals surface area contributed by atoms with Crippen molar-refractivity contribution in [3.05, 3.63) is 69.8 Å². The van der Waals surface area contributed by atoms with Crippen LogP contribution in [0.2, 0.25) is 0 Å². The average molecular weight is 412 g/mol. The van der Waals surface area contributed by atoms with Gasteiger partial charge in [0.1, 0.15) is 11.3 Å². The first-order valence-electron chi connectivity index (χ1n) is 9.11. The lowest BCUT2D eigenvalue weighted by Gasteiger charge is -2.22. The predicted octanol–water partition coefficient (Wildman–Crippen LogP) is 2.49. The number of rotatable bonds is 6. The summed E-state index contributed by atoms with van der Waals surface area (Å²) in [7, 11) is 0. The Bertz CT molecular complexity index is 1000. The normalized spacial score (nSPS) is 18.3. The summed E-state index contributed by atoms with van der Waals surface area (Å²) >= 11 is 0. The largest absolute Gasteiger partial charge is 0.491 e. The van der Waals surface area contributed by atoms with Crippen molar-refractivity contribution in [2.75, 3.05) is 0 Å². The molecule has 2 aromatic carbocycles. The molecule has 1 aliphatic rings. The van der Waals surface area contributed by atoms with Crippen LogP contribution in [0.15, 0.2) is 48.5 Å². The fourth-order valence-electron chi connectivity index (χ4n) is 2.98. The van der Waals surface area contributed by atoms with Gasteiger partial charge in [-0.25, -0.2) is 4.79 Å². The van der Waals surface area contributed by atoms with Crippen LogP contribution in [-0.2, 0) is 10.3 Å². The Morgan fingerprint density at radius 2 is 1.73 bits per heavy atom. The third-order valence-corrected chi connectivity index (χ3v) is 4.55. The van der Waals surface area contributed by atoms with E-state index in [9.17, 15) is 24.5 Å². The standard InChI is InChI=1S/C20H20N4O6/c1-12(2)30-16-10-4-13(5-11-16)17(25)22-23-18(26)20(3,21-19(23)27)14-6-8-15(9-7-14)24(28)29/h4-12H,1-3H3,(H,21,27)(H,22,25)/t20-/m0/s1. The molecule has 156 valence electrons. The smallest absolute Gasteiger partial charge is 0.344 e. The number of nitro benzene ring substituents is 1. The van der Waals surface area contributed by atoms with Crippen molar-refractivity contribution in [1.82, 2.24) is 15.8 Å². The van der Waals surface area contributed by atoms with E-state index in [1.165, 1.54) is 43.3 Å². The summed E-state index contributed by atoms with van der Waals surface area (Å²) in [6, 6.07) is 10.7. The van der Waals surface area contributed by atoms with Gasteiger partial charge in [-0.2, -0.15) is 5.01 Å². The molecule has 1 fully saturated rings. The number of hydrogen-bond donors (Lipinski definition) is 2. The Labute approximate surface area is 171 Å². The molecule has 0 spiro atoms. The molecule has 0 saturated carbocycles. The third kappa shape index (κ3) is 3.93. The molecule has 1 aliphatic heterocycles. The molecule has 0 radical (unpaired) electrons. The van der Waals surface area contributed by atoms with Gasteiger partial charge in [-0.1, -0.05) is 0 Å². The second-order valence-corrected chi connectivity index (χ2v) is 7.13. The number of carbonyl (C=O) groups excluding carboxylic acids is 3. The van der Waals surface area contributed by atoms with Crippen molar-refractivity contribution < 1.29 is 24.0 Å². The summed E-state index contributed by atoms with van der Waals surface area (Å²) in [5, 5.41) is 13.9. The number of hydrogen-bond acceptors (Lipinski definition) is 6. The van der Waals surface area contributed by atoms with Gasteiger partial charge in [0.2, 0.25) is 0 Å². The van der Waals surface area contributed by atoms with Gasteiger partial charge in [-0.15, -0.1) is 0 Å². The summed E-state index contributed by atoms with van der Waals surface area (Å²) in [5.74, 6) is -0.778. The number of nitrogens with one attached hydrogen (secondary N) is 2. The molecule has 30 heavy (non-hydrogen) atoms. The van der Waals surface area contributed by atoms with Crippen molar-refractivity contribution in [3.8, 4) is 5.75 Å². The van der Waals surface area contributed by atoms with E-state index in [0.29, 0.717) is 16.3 Å². The van der Waals surface area contributed by atoms with Crippen molar-refractivity contribution in [3.63, 3.8) is 0 Å². The van der Waals surface area contributed by atoms with E-state index in [1.54, 1.807) is 12.1 Å². The van der Waals surface area contributed by atoms with Gasteiger partial charge < -0.3 is 10.1 Å². The van der Waals surface area contributed by atoms with Gasteiger partial charge >= 0.3 is 6.03 Å². The molecule has 10 heteroatoms. The minimum Gasteiger partial charge on any atom is -0.491 e. The van der Waals surface area contributed by atoms with Crippen molar-refractivity contribution in [2.24, 2.45) is 0 Å². The molecular formula is C20H20N4O6. The molecule has 4 amide bonds. The van der Waals surface area contributed by atoms with E-state index in [-0.39, 0.29) is 17.4 Å². The topological polar surface area (TPSA) is 131 Å². The molecule has 1 atom stereocenters. The Balaban J connectivity index is 1.75. The number of imide groups is 1. The van der Waals surface area contributed by atoms with E-state index in [4.69, 9.17) is 4.74 Å². The van der Waals surface area contributed by atoms with E-state index < -0.39 is 28.3 Å².